The van der Waals surface area contributed by atoms with E-state index < -0.39 is 5.82 Å². The number of nitrogens with one attached hydrogen (secondary N) is 1. The number of piperidine rings is 1. The Kier molecular flexibility index (Phi) is 5.41. The van der Waals surface area contributed by atoms with Gasteiger partial charge in [0, 0.05) is 11.0 Å². The summed E-state index contributed by atoms with van der Waals surface area (Å²) in [6, 6.07) is 2.38. The van der Waals surface area contributed by atoms with Gasteiger partial charge in [-0.3, -0.25) is 4.79 Å². The second kappa shape index (κ2) is 6.87. The van der Waals surface area contributed by atoms with Crippen molar-refractivity contribution in [3.63, 3.8) is 0 Å². The molecule has 0 aliphatic carbocycles. The lowest BCUT2D eigenvalue weighted by atomic mass is 10.0. The van der Waals surface area contributed by atoms with Crippen LogP contribution >= 0.6 is 27.5 Å². The topological polar surface area (TPSA) is 32.3 Å². The number of amides is 1. The van der Waals surface area contributed by atoms with Crippen LogP contribution in [0.3, 0.4) is 0 Å². The van der Waals surface area contributed by atoms with Gasteiger partial charge in [-0.15, -0.1) is 0 Å². The summed E-state index contributed by atoms with van der Waals surface area (Å²) in [5.41, 5.74) is 0.557. The number of carbonyl (C=O) groups is 1. The number of rotatable bonds is 4. The zero-order valence-corrected chi connectivity index (χ0v) is 13.6. The van der Waals surface area contributed by atoms with Gasteiger partial charge in [-0.25, -0.2) is 4.39 Å². The van der Waals surface area contributed by atoms with Gasteiger partial charge in [0.25, 0.3) is 0 Å². The molecule has 0 bridgehead atoms. The summed E-state index contributed by atoms with van der Waals surface area (Å²) in [6.45, 7) is 3.47. The highest BCUT2D eigenvalue weighted by atomic mass is 79.9. The Labute approximate surface area is 131 Å². The van der Waals surface area contributed by atoms with Gasteiger partial charge in [-0.2, -0.15) is 0 Å². The third kappa shape index (κ3) is 3.32. The maximum Gasteiger partial charge on any atom is 0.244 e. The number of carbonyl (C=O) groups excluding carboxylic acids is 1. The van der Waals surface area contributed by atoms with E-state index in [-0.39, 0.29) is 17.0 Å². The van der Waals surface area contributed by atoms with E-state index in [0.29, 0.717) is 16.7 Å². The number of anilines is 1. The van der Waals surface area contributed by atoms with Gasteiger partial charge in [-0.05, 0) is 53.9 Å². The molecule has 0 spiro atoms. The zero-order chi connectivity index (χ0) is 14.7. The van der Waals surface area contributed by atoms with E-state index in [2.05, 4.69) is 28.2 Å². The van der Waals surface area contributed by atoms with Crippen molar-refractivity contribution >= 4 is 39.1 Å². The molecule has 1 aromatic rings. The van der Waals surface area contributed by atoms with Crippen LogP contribution in [-0.4, -0.2) is 25.0 Å². The molecular weight excluding hydrogens is 347 g/mol. The summed E-state index contributed by atoms with van der Waals surface area (Å²) in [5.74, 6) is -0.422. The predicted octanol–water partition coefficient (Wildman–Crippen LogP) is 3.74. The first-order valence-corrected chi connectivity index (χ1v) is 7.91. The third-order valence-electron chi connectivity index (χ3n) is 3.33. The summed E-state index contributed by atoms with van der Waals surface area (Å²) in [7, 11) is 0. The molecule has 2 rings (SSSR count). The van der Waals surface area contributed by atoms with Crippen LogP contribution in [-0.2, 0) is 4.79 Å². The van der Waals surface area contributed by atoms with Crippen LogP contribution in [0, 0.1) is 5.82 Å². The number of nitrogens with zero attached hydrogens (tertiary/aromatic N) is 1. The lowest BCUT2D eigenvalue weighted by Gasteiger charge is -2.33. The largest absolute Gasteiger partial charge is 0.309 e. The number of halogens is 3. The zero-order valence-electron chi connectivity index (χ0n) is 11.3. The SMILES string of the molecule is CCCNC1CCCN(c2c(Cl)cc(F)cc2Br)C1=O. The quantitative estimate of drug-likeness (QED) is 0.884. The smallest absolute Gasteiger partial charge is 0.244 e. The average molecular weight is 364 g/mol. The summed E-state index contributed by atoms with van der Waals surface area (Å²) in [4.78, 5) is 14.2. The first-order chi connectivity index (χ1) is 9.54. The molecule has 0 aromatic heterocycles. The minimum Gasteiger partial charge on any atom is -0.309 e. The van der Waals surface area contributed by atoms with Crippen molar-refractivity contribution in [1.82, 2.24) is 5.32 Å². The molecule has 1 heterocycles. The van der Waals surface area contributed by atoms with Crippen molar-refractivity contribution in [2.24, 2.45) is 0 Å². The fourth-order valence-corrected chi connectivity index (χ4v) is 3.47. The standard InChI is InChI=1S/C14H17BrClFN2O/c1-2-5-18-12-4-3-6-19(14(12)20)13-10(15)7-9(17)8-11(13)16/h7-8,12,18H,2-6H2,1H3. The molecule has 1 atom stereocenters. The summed E-state index contributed by atoms with van der Waals surface area (Å²) in [6.07, 6.45) is 2.70. The number of hydrogen-bond acceptors (Lipinski definition) is 2. The maximum atomic E-state index is 13.3. The molecule has 1 aliphatic heterocycles. The molecule has 110 valence electrons. The Morgan fingerprint density at radius 1 is 1.55 bits per heavy atom. The van der Waals surface area contributed by atoms with E-state index in [1.807, 2.05) is 0 Å². The van der Waals surface area contributed by atoms with Gasteiger partial charge in [0.05, 0.1) is 16.8 Å². The van der Waals surface area contributed by atoms with E-state index in [0.717, 1.165) is 25.8 Å². The fraction of sp³-hybridized carbons (Fsp3) is 0.500. The van der Waals surface area contributed by atoms with Crippen LogP contribution in [0.25, 0.3) is 0 Å². The summed E-state index contributed by atoms with van der Waals surface area (Å²) >= 11 is 9.40. The van der Waals surface area contributed by atoms with Gasteiger partial charge >= 0.3 is 0 Å². The van der Waals surface area contributed by atoms with E-state index in [4.69, 9.17) is 11.6 Å². The normalized spacial score (nSPS) is 19.5. The molecule has 1 saturated heterocycles. The minimum absolute atomic E-state index is 0.00101. The molecule has 20 heavy (non-hydrogen) atoms. The van der Waals surface area contributed by atoms with Gasteiger partial charge < -0.3 is 10.2 Å². The van der Waals surface area contributed by atoms with E-state index in [1.165, 1.54) is 12.1 Å². The first kappa shape index (κ1) is 15.7. The van der Waals surface area contributed by atoms with Crippen LogP contribution in [0.15, 0.2) is 16.6 Å². The van der Waals surface area contributed by atoms with Gasteiger partial charge in [-0.1, -0.05) is 18.5 Å². The monoisotopic (exact) mass is 362 g/mol. The van der Waals surface area contributed by atoms with Crippen LogP contribution in [0.1, 0.15) is 26.2 Å². The Hall–Kier alpha value is -0.650. The van der Waals surface area contributed by atoms with Gasteiger partial charge in [0.2, 0.25) is 5.91 Å². The molecule has 0 saturated carbocycles. The predicted molar refractivity (Wildman–Crippen MR) is 82.8 cm³/mol. The van der Waals surface area contributed by atoms with Crippen LogP contribution in [0.4, 0.5) is 10.1 Å². The molecule has 1 N–H and O–H groups in total. The van der Waals surface area contributed by atoms with E-state index >= 15 is 0 Å². The van der Waals surface area contributed by atoms with Crippen molar-refractivity contribution < 1.29 is 9.18 Å². The molecule has 1 aromatic carbocycles. The van der Waals surface area contributed by atoms with Crippen molar-refractivity contribution in [3.05, 3.63) is 27.4 Å². The second-order valence-electron chi connectivity index (χ2n) is 4.86. The molecule has 3 nitrogen and oxygen atoms in total. The maximum absolute atomic E-state index is 13.3. The molecule has 6 heteroatoms. The number of hydrogen-bond donors (Lipinski definition) is 1. The lowest BCUT2D eigenvalue weighted by molar-refractivity contribution is -0.121. The van der Waals surface area contributed by atoms with Crippen molar-refractivity contribution in [1.29, 1.82) is 0 Å². The third-order valence-corrected chi connectivity index (χ3v) is 4.22. The summed E-state index contributed by atoms with van der Waals surface area (Å²) < 4.78 is 13.8. The van der Waals surface area contributed by atoms with Crippen molar-refractivity contribution in [2.75, 3.05) is 18.0 Å². The highest BCUT2D eigenvalue weighted by Gasteiger charge is 2.31. The van der Waals surface area contributed by atoms with Gasteiger partial charge in [0.1, 0.15) is 5.82 Å². The highest BCUT2D eigenvalue weighted by Crippen LogP contribution is 2.36. The average Bonchev–Trinajstić information content (AvgIpc) is 2.38. The van der Waals surface area contributed by atoms with Gasteiger partial charge in [0.15, 0.2) is 0 Å². The molecule has 1 fully saturated rings. The minimum atomic E-state index is -0.421. The van der Waals surface area contributed by atoms with Crippen molar-refractivity contribution in [2.45, 2.75) is 32.2 Å². The molecular formula is C14H17BrClFN2O. The Balaban J connectivity index is 2.26. The van der Waals surface area contributed by atoms with Crippen molar-refractivity contribution in [3.8, 4) is 0 Å². The van der Waals surface area contributed by atoms with Crippen LogP contribution in [0.2, 0.25) is 5.02 Å². The molecule has 1 amide bonds. The second-order valence-corrected chi connectivity index (χ2v) is 6.12. The van der Waals surface area contributed by atoms with Crippen LogP contribution in [0.5, 0.6) is 0 Å². The lowest BCUT2D eigenvalue weighted by Crippen LogP contribution is -2.51. The Bertz CT molecular complexity index is 489. The highest BCUT2D eigenvalue weighted by molar-refractivity contribution is 9.10. The Morgan fingerprint density at radius 2 is 2.30 bits per heavy atom. The first-order valence-electron chi connectivity index (χ1n) is 6.74. The molecule has 1 unspecified atom stereocenters. The summed E-state index contributed by atoms with van der Waals surface area (Å²) in [5, 5.41) is 3.50. The van der Waals surface area contributed by atoms with E-state index in [1.54, 1.807) is 4.90 Å². The molecule has 1 aliphatic rings. The Morgan fingerprint density at radius 3 is 2.95 bits per heavy atom. The number of benzene rings is 1. The molecule has 0 radical (unpaired) electrons. The fourth-order valence-electron chi connectivity index (χ4n) is 2.40. The van der Waals surface area contributed by atoms with Crippen LogP contribution < -0.4 is 10.2 Å². The van der Waals surface area contributed by atoms with E-state index in [9.17, 15) is 9.18 Å².